The van der Waals surface area contributed by atoms with E-state index >= 15 is 0 Å². The molecule has 0 aromatic carbocycles. The van der Waals surface area contributed by atoms with E-state index in [1.807, 2.05) is 4.90 Å². The van der Waals surface area contributed by atoms with E-state index in [9.17, 15) is 4.79 Å². The molecule has 2 saturated heterocycles. The van der Waals surface area contributed by atoms with Crippen molar-refractivity contribution in [3.63, 3.8) is 0 Å². The van der Waals surface area contributed by atoms with Gasteiger partial charge in [-0.1, -0.05) is 6.42 Å². The van der Waals surface area contributed by atoms with E-state index in [4.69, 9.17) is 4.42 Å². The first-order valence-electron chi connectivity index (χ1n) is 8.60. The monoisotopic (exact) mass is 303 g/mol. The summed E-state index contributed by atoms with van der Waals surface area (Å²) in [6, 6.07) is 4.27. The molecule has 22 heavy (non-hydrogen) atoms. The molecule has 1 saturated carbocycles. The zero-order valence-corrected chi connectivity index (χ0v) is 13.0. The van der Waals surface area contributed by atoms with Gasteiger partial charge in [0.2, 0.25) is 0 Å². The topological polar surface area (TPSA) is 48.7 Å². The van der Waals surface area contributed by atoms with Crippen LogP contribution in [0.1, 0.15) is 29.8 Å². The van der Waals surface area contributed by atoms with Gasteiger partial charge in [0, 0.05) is 32.2 Å². The van der Waals surface area contributed by atoms with Crippen molar-refractivity contribution in [2.45, 2.75) is 25.3 Å². The summed E-state index contributed by atoms with van der Waals surface area (Å²) in [6.07, 6.45) is 5.68. The number of nitrogens with zero attached hydrogens (tertiary/aromatic N) is 2. The third-order valence-electron chi connectivity index (χ3n) is 5.68. The zero-order chi connectivity index (χ0) is 14.9. The van der Waals surface area contributed by atoms with Gasteiger partial charge in [0.05, 0.1) is 6.26 Å². The Labute approximate surface area is 131 Å². The lowest BCUT2D eigenvalue weighted by Gasteiger charge is -2.50. The number of amides is 1. The fourth-order valence-corrected chi connectivity index (χ4v) is 4.64. The Kier molecular flexibility index (Phi) is 3.92. The normalized spacial score (nSPS) is 32.9. The van der Waals surface area contributed by atoms with Crippen molar-refractivity contribution in [1.82, 2.24) is 15.1 Å². The van der Waals surface area contributed by atoms with Crippen molar-refractivity contribution in [2.24, 2.45) is 11.8 Å². The van der Waals surface area contributed by atoms with Gasteiger partial charge in [-0.25, -0.2) is 0 Å². The molecule has 1 N–H and O–H groups in total. The molecule has 3 fully saturated rings. The zero-order valence-electron chi connectivity index (χ0n) is 13.0. The van der Waals surface area contributed by atoms with E-state index in [0.29, 0.717) is 5.76 Å². The first kappa shape index (κ1) is 14.3. The van der Waals surface area contributed by atoms with Gasteiger partial charge in [-0.3, -0.25) is 9.69 Å². The molecular weight excluding hydrogens is 278 g/mol. The van der Waals surface area contributed by atoms with E-state index in [0.717, 1.165) is 44.1 Å². The Bertz CT molecular complexity index is 486. The van der Waals surface area contributed by atoms with Gasteiger partial charge in [-0.15, -0.1) is 0 Å². The third kappa shape index (κ3) is 2.57. The molecule has 2 aliphatic heterocycles. The summed E-state index contributed by atoms with van der Waals surface area (Å²) in [5.74, 6) is 2.11. The lowest BCUT2D eigenvalue weighted by molar-refractivity contribution is 0.00211. The number of carbonyl (C=O) groups is 1. The van der Waals surface area contributed by atoms with Gasteiger partial charge >= 0.3 is 0 Å². The summed E-state index contributed by atoms with van der Waals surface area (Å²) in [5, 5.41) is 3.60. The lowest BCUT2D eigenvalue weighted by Crippen LogP contribution is -2.61. The summed E-state index contributed by atoms with van der Waals surface area (Å²) in [4.78, 5) is 16.9. The van der Waals surface area contributed by atoms with Crippen molar-refractivity contribution >= 4 is 5.91 Å². The smallest absolute Gasteiger partial charge is 0.289 e. The average Bonchev–Trinajstić information content (AvgIpc) is 3.08. The number of fused-ring (bicyclic) bond motifs is 2. The van der Waals surface area contributed by atoms with Gasteiger partial charge in [-0.05, 0) is 49.9 Å². The van der Waals surface area contributed by atoms with E-state index in [2.05, 4.69) is 10.2 Å². The van der Waals surface area contributed by atoms with Crippen molar-refractivity contribution < 1.29 is 9.21 Å². The minimum Gasteiger partial charge on any atom is -0.459 e. The highest BCUT2D eigenvalue weighted by Crippen LogP contribution is 2.35. The molecule has 5 heteroatoms. The van der Waals surface area contributed by atoms with Crippen LogP contribution in [0.15, 0.2) is 22.8 Å². The van der Waals surface area contributed by atoms with E-state index < -0.39 is 0 Å². The van der Waals surface area contributed by atoms with Gasteiger partial charge in [0.1, 0.15) is 0 Å². The van der Waals surface area contributed by atoms with Gasteiger partial charge in [0.25, 0.3) is 5.91 Å². The van der Waals surface area contributed by atoms with Crippen LogP contribution in [0.2, 0.25) is 0 Å². The fraction of sp³-hybridized carbons (Fsp3) is 0.706. The quantitative estimate of drug-likeness (QED) is 0.898. The van der Waals surface area contributed by atoms with Gasteiger partial charge in [0.15, 0.2) is 5.76 Å². The average molecular weight is 303 g/mol. The van der Waals surface area contributed by atoms with Gasteiger partial charge < -0.3 is 14.6 Å². The van der Waals surface area contributed by atoms with E-state index in [1.54, 1.807) is 18.4 Å². The summed E-state index contributed by atoms with van der Waals surface area (Å²) in [7, 11) is 0. The number of furan rings is 1. The Hall–Kier alpha value is -1.33. The Balaban J connectivity index is 1.38. The molecule has 2 bridgehead atoms. The number of hydrogen-bond donors (Lipinski definition) is 1. The predicted molar refractivity (Wildman–Crippen MR) is 83.7 cm³/mol. The molecule has 120 valence electrons. The molecular formula is C17H25N3O2. The number of piperazine rings is 1. The molecule has 0 spiro atoms. The number of rotatable bonds is 2. The van der Waals surface area contributed by atoms with Crippen LogP contribution < -0.4 is 5.32 Å². The Morgan fingerprint density at radius 2 is 1.86 bits per heavy atom. The number of piperidine rings is 1. The van der Waals surface area contributed by atoms with Crippen LogP contribution in [0.3, 0.4) is 0 Å². The molecule has 2 unspecified atom stereocenters. The highest BCUT2D eigenvalue weighted by Gasteiger charge is 2.40. The molecule has 3 aliphatic rings. The van der Waals surface area contributed by atoms with E-state index in [-0.39, 0.29) is 5.91 Å². The maximum atomic E-state index is 12.3. The highest BCUT2D eigenvalue weighted by atomic mass is 16.3. The third-order valence-corrected chi connectivity index (χ3v) is 5.68. The van der Waals surface area contributed by atoms with E-state index in [1.165, 1.54) is 32.4 Å². The molecule has 1 amide bonds. The second-order valence-electron chi connectivity index (χ2n) is 6.91. The Morgan fingerprint density at radius 1 is 1.14 bits per heavy atom. The number of hydrogen-bond acceptors (Lipinski definition) is 4. The van der Waals surface area contributed by atoms with Crippen LogP contribution in [0.5, 0.6) is 0 Å². The summed E-state index contributed by atoms with van der Waals surface area (Å²) < 4.78 is 5.24. The van der Waals surface area contributed by atoms with Crippen molar-refractivity contribution in [3.05, 3.63) is 24.2 Å². The van der Waals surface area contributed by atoms with Crippen molar-refractivity contribution in [1.29, 1.82) is 0 Å². The SMILES string of the molecule is O=C(c1ccco1)N1CCN(C2C3CCCC2CNC3)CC1. The maximum absolute atomic E-state index is 12.3. The lowest BCUT2D eigenvalue weighted by atomic mass is 9.73. The first-order valence-corrected chi connectivity index (χ1v) is 8.60. The molecule has 1 aliphatic carbocycles. The number of nitrogens with one attached hydrogen (secondary N) is 1. The fourth-order valence-electron chi connectivity index (χ4n) is 4.64. The molecule has 2 atom stereocenters. The first-order chi connectivity index (χ1) is 10.8. The van der Waals surface area contributed by atoms with Crippen LogP contribution >= 0.6 is 0 Å². The Morgan fingerprint density at radius 3 is 2.50 bits per heavy atom. The van der Waals surface area contributed by atoms with Crippen molar-refractivity contribution in [3.8, 4) is 0 Å². The molecule has 1 aromatic heterocycles. The van der Waals surface area contributed by atoms with Crippen LogP contribution in [0.25, 0.3) is 0 Å². The highest BCUT2D eigenvalue weighted by molar-refractivity contribution is 5.91. The molecule has 4 rings (SSSR count). The molecule has 0 radical (unpaired) electrons. The second-order valence-corrected chi connectivity index (χ2v) is 6.91. The van der Waals surface area contributed by atoms with Crippen LogP contribution in [0, 0.1) is 11.8 Å². The largest absolute Gasteiger partial charge is 0.459 e. The predicted octanol–water partition coefficient (Wildman–Crippen LogP) is 1.43. The molecule has 1 aromatic rings. The number of carbonyl (C=O) groups excluding carboxylic acids is 1. The molecule has 5 nitrogen and oxygen atoms in total. The van der Waals surface area contributed by atoms with Gasteiger partial charge in [-0.2, -0.15) is 0 Å². The second kappa shape index (κ2) is 6.05. The minimum absolute atomic E-state index is 0.0372. The summed E-state index contributed by atoms with van der Waals surface area (Å²) in [6.45, 7) is 6.00. The van der Waals surface area contributed by atoms with Crippen LogP contribution in [-0.2, 0) is 0 Å². The van der Waals surface area contributed by atoms with Crippen LogP contribution in [-0.4, -0.2) is 61.0 Å². The summed E-state index contributed by atoms with van der Waals surface area (Å²) >= 11 is 0. The molecule has 3 heterocycles. The summed E-state index contributed by atoms with van der Waals surface area (Å²) in [5.41, 5.74) is 0. The van der Waals surface area contributed by atoms with Crippen molar-refractivity contribution in [2.75, 3.05) is 39.3 Å². The minimum atomic E-state index is 0.0372. The maximum Gasteiger partial charge on any atom is 0.289 e. The standard InChI is InChI=1S/C17H25N3O2/c21-17(15-5-2-10-22-15)20-8-6-19(7-9-20)16-13-3-1-4-14(16)12-18-11-13/h2,5,10,13-14,16,18H,1,3-4,6-9,11-12H2. The van der Waals surface area contributed by atoms with Crippen LogP contribution in [0.4, 0.5) is 0 Å².